The Morgan fingerprint density at radius 3 is 2.19 bits per heavy atom. The van der Waals surface area contributed by atoms with E-state index in [0.29, 0.717) is 19.1 Å². The predicted octanol–water partition coefficient (Wildman–Crippen LogP) is -0.124. The molecule has 1 aromatic carbocycles. The van der Waals surface area contributed by atoms with Gasteiger partial charge in [-0.25, -0.2) is 0 Å². The third-order valence-electron chi connectivity index (χ3n) is 4.45. The highest BCUT2D eigenvalue weighted by Gasteiger charge is 2.23. The van der Waals surface area contributed by atoms with Crippen LogP contribution in [0.15, 0.2) is 30.3 Å². The molecule has 0 bridgehead atoms. The molecule has 1 rings (SSSR count). The van der Waals surface area contributed by atoms with E-state index in [2.05, 4.69) is 21.3 Å². The van der Waals surface area contributed by atoms with E-state index in [4.69, 9.17) is 0 Å². The standard InChI is InChI=1S/C22H34N4O5/c1-14(2)10-18(13-27)26-21(30)15(3)24-20(29)12-23-22(31)19(25-16(4)28)11-17-8-6-5-7-9-17/h5-9,13-16,18-19,25,28H,10-12H2,1-4H3,(H,23,31)(H,24,29)(H,26,30)/t15-,16?,18-,19-/m0/s1. The molecule has 0 saturated heterocycles. The van der Waals surface area contributed by atoms with Crippen LogP contribution in [0.25, 0.3) is 0 Å². The Bertz CT molecular complexity index is 724. The number of aliphatic hydroxyl groups excluding tert-OH is 1. The Hall–Kier alpha value is -2.78. The molecule has 0 saturated carbocycles. The molecule has 0 aromatic heterocycles. The zero-order valence-corrected chi connectivity index (χ0v) is 18.6. The van der Waals surface area contributed by atoms with E-state index < -0.39 is 42.1 Å². The quantitative estimate of drug-likeness (QED) is 0.217. The molecule has 0 radical (unpaired) electrons. The number of benzene rings is 1. The van der Waals surface area contributed by atoms with Gasteiger partial charge >= 0.3 is 0 Å². The van der Waals surface area contributed by atoms with Crippen molar-refractivity contribution in [1.82, 2.24) is 21.3 Å². The summed E-state index contributed by atoms with van der Waals surface area (Å²) in [5.41, 5.74) is 0.900. The van der Waals surface area contributed by atoms with Crippen LogP contribution in [0.2, 0.25) is 0 Å². The average Bonchev–Trinajstić information content (AvgIpc) is 2.70. The first-order valence-corrected chi connectivity index (χ1v) is 10.4. The van der Waals surface area contributed by atoms with Crippen molar-refractivity contribution in [3.05, 3.63) is 35.9 Å². The molecule has 0 aliphatic carbocycles. The zero-order chi connectivity index (χ0) is 23.4. The molecular formula is C22H34N4O5. The second-order valence-corrected chi connectivity index (χ2v) is 7.97. The first-order valence-electron chi connectivity index (χ1n) is 10.4. The molecule has 0 heterocycles. The first-order chi connectivity index (χ1) is 14.6. The maximum Gasteiger partial charge on any atom is 0.242 e. The van der Waals surface area contributed by atoms with Crippen molar-refractivity contribution in [2.24, 2.45) is 5.92 Å². The molecule has 1 unspecified atom stereocenters. The normalized spacial score (nSPS) is 14.8. The van der Waals surface area contributed by atoms with Crippen molar-refractivity contribution in [3.8, 4) is 0 Å². The SMILES string of the molecule is CC(C)C[C@@H](C=O)NC(=O)[C@H](C)NC(=O)CNC(=O)[C@H](Cc1ccccc1)NC(C)O. The molecular weight excluding hydrogens is 400 g/mol. The number of amides is 3. The highest BCUT2D eigenvalue weighted by Crippen LogP contribution is 2.05. The summed E-state index contributed by atoms with van der Waals surface area (Å²) < 4.78 is 0. The number of aliphatic hydroxyl groups is 1. The number of rotatable bonds is 13. The van der Waals surface area contributed by atoms with Gasteiger partial charge in [0.15, 0.2) is 0 Å². The lowest BCUT2D eigenvalue weighted by molar-refractivity contribution is -0.130. The van der Waals surface area contributed by atoms with Crippen LogP contribution < -0.4 is 21.3 Å². The van der Waals surface area contributed by atoms with Crippen LogP contribution in [0.5, 0.6) is 0 Å². The number of nitrogens with one attached hydrogen (secondary N) is 4. The second kappa shape index (κ2) is 13.5. The summed E-state index contributed by atoms with van der Waals surface area (Å²) in [5.74, 6) is -1.24. The Balaban J connectivity index is 2.55. The fourth-order valence-corrected chi connectivity index (χ4v) is 2.98. The topological polar surface area (TPSA) is 137 Å². The lowest BCUT2D eigenvalue weighted by Gasteiger charge is -2.21. The third-order valence-corrected chi connectivity index (χ3v) is 4.45. The van der Waals surface area contributed by atoms with Crippen LogP contribution in [0.4, 0.5) is 0 Å². The van der Waals surface area contributed by atoms with Gasteiger partial charge in [0.25, 0.3) is 0 Å². The summed E-state index contributed by atoms with van der Waals surface area (Å²) in [6.45, 7) is 6.55. The fraction of sp³-hybridized carbons (Fsp3) is 0.545. The zero-order valence-electron chi connectivity index (χ0n) is 18.6. The van der Waals surface area contributed by atoms with Gasteiger partial charge in [-0.15, -0.1) is 0 Å². The summed E-state index contributed by atoms with van der Waals surface area (Å²) in [4.78, 5) is 48.0. The van der Waals surface area contributed by atoms with Gasteiger partial charge in [0, 0.05) is 0 Å². The van der Waals surface area contributed by atoms with Crippen molar-refractivity contribution in [2.45, 2.75) is 64.9 Å². The molecule has 3 amide bonds. The van der Waals surface area contributed by atoms with Gasteiger partial charge in [0.1, 0.15) is 18.6 Å². The molecule has 5 N–H and O–H groups in total. The Morgan fingerprint density at radius 2 is 1.65 bits per heavy atom. The van der Waals surface area contributed by atoms with Gasteiger partial charge in [-0.05, 0) is 38.2 Å². The van der Waals surface area contributed by atoms with Crippen LogP contribution in [0, 0.1) is 5.92 Å². The summed E-state index contributed by atoms with van der Waals surface area (Å²) in [6.07, 6.45) is 0.606. The Kier molecular flexibility index (Phi) is 11.4. The molecule has 172 valence electrons. The number of hydrogen-bond acceptors (Lipinski definition) is 6. The molecule has 4 atom stereocenters. The summed E-state index contributed by atoms with van der Waals surface area (Å²) in [5, 5.41) is 20.0. The summed E-state index contributed by atoms with van der Waals surface area (Å²) in [7, 11) is 0. The first kappa shape index (κ1) is 26.3. The van der Waals surface area contributed by atoms with Crippen LogP contribution in [-0.2, 0) is 25.6 Å². The van der Waals surface area contributed by atoms with E-state index in [0.717, 1.165) is 5.56 Å². The molecule has 0 aliphatic rings. The maximum absolute atomic E-state index is 12.5. The summed E-state index contributed by atoms with van der Waals surface area (Å²) in [6, 6.07) is 7.08. The van der Waals surface area contributed by atoms with Gasteiger partial charge < -0.3 is 25.9 Å². The lowest BCUT2D eigenvalue weighted by Crippen LogP contribution is -2.53. The van der Waals surface area contributed by atoms with E-state index >= 15 is 0 Å². The van der Waals surface area contributed by atoms with Gasteiger partial charge in [-0.2, -0.15) is 0 Å². The number of aldehydes is 1. The van der Waals surface area contributed by atoms with Crippen molar-refractivity contribution in [3.63, 3.8) is 0 Å². The minimum atomic E-state index is -0.909. The van der Waals surface area contributed by atoms with Gasteiger partial charge in [0.05, 0.1) is 18.6 Å². The molecule has 0 fully saturated rings. The van der Waals surface area contributed by atoms with Gasteiger partial charge in [-0.1, -0.05) is 44.2 Å². The summed E-state index contributed by atoms with van der Waals surface area (Å²) >= 11 is 0. The van der Waals surface area contributed by atoms with Crippen LogP contribution in [-0.4, -0.2) is 60.0 Å². The second-order valence-electron chi connectivity index (χ2n) is 7.97. The van der Waals surface area contributed by atoms with Crippen molar-refractivity contribution in [1.29, 1.82) is 0 Å². The maximum atomic E-state index is 12.5. The van der Waals surface area contributed by atoms with Crippen LogP contribution in [0.3, 0.4) is 0 Å². The van der Waals surface area contributed by atoms with E-state index in [1.54, 1.807) is 0 Å². The fourth-order valence-electron chi connectivity index (χ4n) is 2.98. The monoisotopic (exact) mass is 434 g/mol. The minimum Gasteiger partial charge on any atom is -0.379 e. The lowest BCUT2D eigenvalue weighted by atomic mass is 10.0. The number of hydrogen-bond donors (Lipinski definition) is 5. The molecule has 9 heteroatoms. The van der Waals surface area contributed by atoms with E-state index in [9.17, 15) is 24.3 Å². The molecule has 0 aliphatic heterocycles. The van der Waals surface area contributed by atoms with Crippen LogP contribution in [0.1, 0.15) is 39.7 Å². The Morgan fingerprint density at radius 1 is 1.00 bits per heavy atom. The third kappa shape index (κ3) is 10.7. The van der Waals surface area contributed by atoms with E-state index in [1.165, 1.54) is 13.8 Å². The Labute approximate surface area is 183 Å². The molecule has 1 aromatic rings. The number of carbonyl (C=O) groups is 4. The van der Waals surface area contributed by atoms with E-state index in [1.807, 2.05) is 44.2 Å². The van der Waals surface area contributed by atoms with Crippen molar-refractivity contribution in [2.75, 3.05) is 6.54 Å². The minimum absolute atomic E-state index is 0.231. The van der Waals surface area contributed by atoms with Gasteiger partial charge in [0.2, 0.25) is 17.7 Å². The van der Waals surface area contributed by atoms with Crippen LogP contribution >= 0.6 is 0 Å². The van der Waals surface area contributed by atoms with Crippen molar-refractivity contribution < 1.29 is 24.3 Å². The highest BCUT2D eigenvalue weighted by molar-refractivity contribution is 5.91. The molecule has 0 spiro atoms. The highest BCUT2D eigenvalue weighted by atomic mass is 16.3. The van der Waals surface area contributed by atoms with Crippen molar-refractivity contribution >= 4 is 24.0 Å². The van der Waals surface area contributed by atoms with E-state index in [-0.39, 0.29) is 12.5 Å². The largest absolute Gasteiger partial charge is 0.379 e. The molecule has 9 nitrogen and oxygen atoms in total. The smallest absolute Gasteiger partial charge is 0.242 e. The predicted molar refractivity (Wildman–Crippen MR) is 117 cm³/mol. The average molecular weight is 435 g/mol. The number of carbonyl (C=O) groups excluding carboxylic acids is 4. The van der Waals surface area contributed by atoms with Gasteiger partial charge in [-0.3, -0.25) is 19.7 Å². The molecule has 31 heavy (non-hydrogen) atoms.